The van der Waals surface area contributed by atoms with E-state index in [0.29, 0.717) is 12.4 Å². The lowest BCUT2D eigenvalue weighted by atomic mass is 10.2. The lowest BCUT2D eigenvalue weighted by molar-refractivity contribution is -0.124. The SMILES string of the molecule is O=C(Nc1cc(Br)ccn1)[C@H]1CCCO1. The number of halogens is 1. The van der Waals surface area contributed by atoms with Crippen LogP contribution in [0.4, 0.5) is 5.82 Å². The monoisotopic (exact) mass is 270 g/mol. The quantitative estimate of drug-likeness (QED) is 0.894. The van der Waals surface area contributed by atoms with Crippen LogP contribution in [0.5, 0.6) is 0 Å². The molecule has 0 unspecified atom stereocenters. The molecular weight excluding hydrogens is 260 g/mol. The van der Waals surface area contributed by atoms with Crippen LogP contribution < -0.4 is 5.32 Å². The lowest BCUT2D eigenvalue weighted by Crippen LogP contribution is -2.27. The van der Waals surface area contributed by atoms with Crippen molar-refractivity contribution in [1.29, 1.82) is 0 Å². The van der Waals surface area contributed by atoms with Crippen LogP contribution in [0.15, 0.2) is 22.8 Å². The van der Waals surface area contributed by atoms with Crippen molar-refractivity contribution in [3.8, 4) is 0 Å². The number of pyridine rings is 1. The Bertz CT molecular complexity index is 364. The maximum atomic E-state index is 11.6. The van der Waals surface area contributed by atoms with Crippen molar-refractivity contribution in [2.45, 2.75) is 18.9 Å². The topological polar surface area (TPSA) is 51.2 Å². The second-order valence-electron chi connectivity index (χ2n) is 3.35. The van der Waals surface area contributed by atoms with Crippen LogP contribution >= 0.6 is 15.9 Å². The molecule has 1 aliphatic rings. The lowest BCUT2D eigenvalue weighted by Gasteiger charge is -2.09. The Morgan fingerprint density at radius 2 is 2.53 bits per heavy atom. The number of nitrogens with zero attached hydrogens (tertiary/aromatic N) is 1. The van der Waals surface area contributed by atoms with Crippen LogP contribution in [0.25, 0.3) is 0 Å². The zero-order valence-corrected chi connectivity index (χ0v) is 9.66. The van der Waals surface area contributed by atoms with E-state index < -0.39 is 0 Å². The molecule has 15 heavy (non-hydrogen) atoms. The first kappa shape index (κ1) is 10.6. The molecule has 1 amide bonds. The average Bonchev–Trinajstić information content (AvgIpc) is 2.70. The van der Waals surface area contributed by atoms with Gasteiger partial charge >= 0.3 is 0 Å². The molecule has 1 atom stereocenters. The number of aromatic nitrogens is 1. The minimum Gasteiger partial charge on any atom is -0.368 e. The molecule has 0 saturated carbocycles. The molecule has 0 aliphatic carbocycles. The van der Waals surface area contributed by atoms with Gasteiger partial charge in [-0.05, 0) is 25.0 Å². The van der Waals surface area contributed by atoms with E-state index in [1.54, 1.807) is 12.3 Å². The highest BCUT2D eigenvalue weighted by Gasteiger charge is 2.23. The van der Waals surface area contributed by atoms with E-state index in [0.717, 1.165) is 17.3 Å². The minimum absolute atomic E-state index is 0.113. The molecule has 0 spiro atoms. The van der Waals surface area contributed by atoms with E-state index in [2.05, 4.69) is 26.2 Å². The number of carbonyl (C=O) groups is 1. The Labute approximate surface area is 96.2 Å². The maximum absolute atomic E-state index is 11.6. The molecule has 2 rings (SSSR count). The highest BCUT2D eigenvalue weighted by molar-refractivity contribution is 9.10. The summed E-state index contributed by atoms with van der Waals surface area (Å²) in [5.41, 5.74) is 0. The van der Waals surface area contributed by atoms with Crippen LogP contribution in [0, 0.1) is 0 Å². The van der Waals surface area contributed by atoms with Crippen molar-refractivity contribution in [2.24, 2.45) is 0 Å². The van der Waals surface area contributed by atoms with E-state index in [1.165, 1.54) is 0 Å². The Kier molecular flexibility index (Phi) is 3.33. The van der Waals surface area contributed by atoms with Crippen LogP contribution in [0.2, 0.25) is 0 Å². The van der Waals surface area contributed by atoms with Crippen LogP contribution in [0.3, 0.4) is 0 Å². The summed E-state index contributed by atoms with van der Waals surface area (Å²) in [5, 5.41) is 2.72. The van der Waals surface area contributed by atoms with Crippen molar-refractivity contribution < 1.29 is 9.53 Å². The fraction of sp³-hybridized carbons (Fsp3) is 0.400. The summed E-state index contributed by atoms with van der Waals surface area (Å²) in [6.45, 7) is 0.671. The number of amides is 1. The molecule has 80 valence electrons. The van der Waals surface area contributed by atoms with Gasteiger partial charge in [0.25, 0.3) is 5.91 Å². The summed E-state index contributed by atoms with van der Waals surface area (Å²) in [4.78, 5) is 15.7. The first-order valence-electron chi connectivity index (χ1n) is 4.80. The number of nitrogens with one attached hydrogen (secondary N) is 1. The van der Waals surface area contributed by atoms with Gasteiger partial charge in [-0.3, -0.25) is 4.79 Å². The fourth-order valence-corrected chi connectivity index (χ4v) is 1.80. The maximum Gasteiger partial charge on any atom is 0.254 e. The van der Waals surface area contributed by atoms with E-state index in [-0.39, 0.29) is 12.0 Å². The van der Waals surface area contributed by atoms with Crippen LogP contribution in [-0.4, -0.2) is 23.6 Å². The van der Waals surface area contributed by atoms with Crippen molar-refractivity contribution in [1.82, 2.24) is 4.98 Å². The highest BCUT2D eigenvalue weighted by Crippen LogP contribution is 2.16. The molecule has 2 heterocycles. The smallest absolute Gasteiger partial charge is 0.254 e. The number of hydrogen-bond donors (Lipinski definition) is 1. The van der Waals surface area contributed by atoms with Crippen molar-refractivity contribution in [3.63, 3.8) is 0 Å². The van der Waals surface area contributed by atoms with Gasteiger partial charge in [0.15, 0.2) is 0 Å². The van der Waals surface area contributed by atoms with Gasteiger partial charge in [-0.1, -0.05) is 15.9 Å². The Hall–Kier alpha value is -0.940. The van der Waals surface area contributed by atoms with E-state index in [1.807, 2.05) is 6.07 Å². The first-order chi connectivity index (χ1) is 7.25. The summed E-state index contributed by atoms with van der Waals surface area (Å²) >= 11 is 3.31. The van der Waals surface area contributed by atoms with Gasteiger partial charge in [-0.25, -0.2) is 4.98 Å². The summed E-state index contributed by atoms with van der Waals surface area (Å²) in [6.07, 6.45) is 3.06. The molecule has 1 aliphatic heterocycles. The standard InChI is InChI=1S/C10H11BrN2O2/c11-7-3-4-12-9(6-7)13-10(14)8-2-1-5-15-8/h3-4,6,8H,1-2,5H2,(H,12,13,14)/t8-/m1/s1. The Morgan fingerprint density at radius 3 is 3.20 bits per heavy atom. The average molecular weight is 271 g/mol. The highest BCUT2D eigenvalue weighted by atomic mass is 79.9. The molecule has 1 aromatic heterocycles. The van der Waals surface area contributed by atoms with Gasteiger partial charge in [-0.2, -0.15) is 0 Å². The van der Waals surface area contributed by atoms with Crippen molar-refractivity contribution >= 4 is 27.7 Å². The predicted octanol–water partition coefficient (Wildman–Crippen LogP) is 1.96. The Balaban J connectivity index is 1.99. The summed E-state index contributed by atoms with van der Waals surface area (Å²) < 4.78 is 6.15. The third kappa shape index (κ3) is 2.76. The first-order valence-corrected chi connectivity index (χ1v) is 5.59. The molecule has 0 radical (unpaired) electrons. The number of anilines is 1. The molecule has 1 aromatic rings. The van der Waals surface area contributed by atoms with Crippen LogP contribution in [-0.2, 0) is 9.53 Å². The number of hydrogen-bond acceptors (Lipinski definition) is 3. The molecular formula is C10H11BrN2O2. The van der Waals surface area contributed by atoms with E-state index >= 15 is 0 Å². The van der Waals surface area contributed by atoms with E-state index in [4.69, 9.17) is 4.74 Å². The summed E-state index contributed by atoms with van der Waals surface area (Å²) in [6, 6.07) is 3.56. The zero-order chi connectivity index (χ0) is 10.7. The molecule has 1 N–H and O–H groups in total. The van der Waals surface area contributed by atoms with Gasteiger partial charge < -0.3 is 10.1 Å². The third-order valence-corrected chi connectivity index (χ3v) is 2.69. The van der Waals surface area contributed by atoms with Gasteiger partial charge in [0.1, 0.15) is 11.9 Å². The van der Waals surface area contributed by atoms with Crippen molar-refractivity contribution in [3.05, 3.63) is 22.8 Å². The zero-order valence-electron chi connectivity index (χ0n) is 8.07. The van der Waals surface area contributed by atoms with Gasteiger partial charge in [0.2, 0.25) is 0 Å². The molecule has 0 bridgehead atoms. The molecule has 1 fully saturated rings. The van der Waals surface area contributed by atoms with Gasteiger partial charge in [0.05, 0.1) is 0 Å². The molecule has 5 heteroatoms. The van der Waals surface area contributed by atoms with Crippen LogP contribution in [0.1, 0.15) is 12.8 Å². The number of ether oxygens (including phenoxy) is 1. The second kappa shape index (κ2) is 4.72. The summed E-state index contributed by atoms with van der Waals surface area (Å²) in [7, 11) is 0. The minimum atomic E-state index is -0.314. The summed E-state index contributed by atoms with van der Waals surface area (Å²) in [5.74, 6) is 0.433. The molecule has 0 aromatic carbocycles. The Morgan fingerprint density at radius 1 is 1.67 bits per heavy atom. The number of rotatable bonds is 2. The van der Waals surface area contributed by atoms with Gasteiger partial charge in [0, 0.05) is 17.3 Å². The molecule has 4 nitrogen and oxygen atoms in total. The fourth-order valence-electron chi connectivity index (χ4n) is 1.46. The number of carbonyl (C=O) groups excluding carboxylic acids is 1. The van der Waals surface area contributed by atoms with Gasteiger partial charge in [-0.15, -0.1) is 0 Å². The third-order valence-electron chi connectivity index (χ3n) is 2.20. The van der Waals surface area contributed by atoms with E-state index in [9.17, 15) is 4.79 Å². The normalized spacial score (nSPS) is 20.2. The van der Waals surface area contributed by atoms with Crippen molar-refractivity contribution in [2.75, 3.05) is 11.9 Å². The second-order valence-corrected chi connectivity index (χ2v) is 4.27. The largest absolute Gasteiger partial charge is 0.368 e. The predicted molar refractivity (Wildman–Crippen MR) is 59.5 cm³/mol. The molecule has 1 saturated heterocycles.